The van der Waals surface area contributed by atoms with Crippen LogP contribution in [0.15, 0.2) is 22.7 Å². The van der Waals surface area contributed by atoms with Crippen molar-refractivity contribution in [2.75, 3.05) is 37.7 Å². The molecule has 2 aliphatic rings. The fourth-order valence-corrected chi connectivity index (χ4v) is 4.68. The van der Waals surface area contributed by atoms with Crippen LogP contribution >= 0.6 is 0 Å². The molecule has 2 aliphatic heterocycles. The van der Waals surface area contributed by atoms with Gasteiger partial charge < -0.3 is 24.8 Å². The molecule has 8 nitrogen and oxygen atoms in total. The maximum atomic E-state index is 14.6. The van der Waals surface area contributed by atoms with Crippen LogP contribution in [-0.4, -0.2) is 53.7 Å². The summed E-state index contributed by atoms with van der Waals surface area (Å²) in [6, 6.07) is 4.26. The second kappa shape index (κ2) is 11.2. The van der Waals surface area contributed by atoms with Crippen LogP contribution in [0, 0.1) is 11.7 Å². The van der Waals surface area contributed by atoms with Crippen molar-refractivity contribution in [2.24, 2.45) is 11.7 Å². The maximum Gasteiger partial charge on any atom is 0.324 e. The molecule has 2 saturated heterocycles. The highest BCUT2D eigenvalue weighted by atomic mass is 19.1. The van der Waals surface area contributed by atoms with E-state index in [1.807, 2.05) is 0 Å². The van der Waals surface area contributed by atoms with E-state index >= 15 is 0 Å². The van der Waals surface area contributed by atoms with E-state index in [1.165, 1.54) is 6.07 Å². The average molecular weight is 474 g/mol. The third-order valence-electron chi connectivity index (χ3n) is 6.85. The lowest BCUT2D eigenvalue weighted by atomic mass is 9.92. The van der Waals surface area contributed by atoms with Gasteiger partial charge in [-0.3, -0.25) is 4.79 Å². The van der Waals surface area contributed by atoms with Crippen molar-refractivity contribution in [3.63, 3.8) is 0 Å². The summed E-state index contributed by atoms with van der Waals surface area (Å²) in [5.41, 5.74) is 6.27. The lowest BCUT2D eigenvalue weighted by Crippen LogP contribution is -2.36. The molecule has 0 aliphatic carbocycles. The summed E-state index contributed by atoms with van der Waals surface area (Å²) in [5, 5.41) is 4.05. The van der Waals surface area contributed by atoms with Crippen molar-refractivity contribution in [2.45, 2.75) is 64.3 Å². The number of nitrogens with two attached hydrogens (primary N) is 1. The number of rotatable bonds is 9. The Morgan fingerprint density at radius 1 is 1.24 bits per heavy atom. The molecule has 2 fully saturated rings. The van der Waals surface area contributed by atoms with Gasteiger partial charge in [0.1, 0.15) is 17.6 Å². The van der Waals surface area contributed by atoms with E-state index in [4.69, 9.17) is 15.0 Å². The quantitative estimate of drug-likeness (QED) is 0.549. The Morgan fingerprint density at radius 3 is 2.62 bits per heavy atom. The van der Waals surface area contributed by atoms with Gasteiger partial charge in [0.25, 0.3) is 0 Å². The Morgan fingerprint density at radius 2 is 1.97 bits per heavy atom. The van der Waals surface area contributed by atoms with E-state index in [1.54, 1.807) is 17.0 Å². The van der Waals surface area contributed by atoms with Crippen LogP contribution in [0.25, 0.3) is 0 Å². The zero-order valence-electron chi connectivity index (χ0n) is 20.2. The molecule has 1 aromatic heterocycles. The fourth-order valence-electron chi connectivity index (χ4n) is 4.68. The highest BCUT2D eigenvalue weighted by molar-refractivity contribution is 5.83. The first-order valence-electron chi connectivity index (χ1n) is 12.5. The molecular formula is C25H36FN5O3. The average Bonchev–Trinajstić information content (AvgIpc) is 3.54. The number of ether oxygens (including phenoxy) is 1. The number of likely N-dealkylation sites (tertiary alicyclic amines) is 1. The molecule has 1 aromatic carbocycles. The topological polar surface area (TPSA) is 97.7 Å². The monoisotopic (exact) mass is 473 g/mol. The summed E-state index contributed by atoms with van der Waals surface area (Å²) in [6.07, 6.45) is 6.07. The van der Waals surface area contributed by atoms with E-state index in [0.717, 1.165) is 57.4 Å². The van der Waals surface area contributed by atoms with Gasteiger partial charge in [0.2, 0.25) is 5.91 Å². The Labute approximate surface area is 200 Å². The van der Waals surface area contributed by atoms with E-state index < -0.39 is 11.9 Å². The summed E-state index contributed by atoms with van der Waals surface area (Å²) in [5.74, 6) is 1.39. The van der Waals surface area contributed by atoms with Gasteiger partial charge >= 0.3 is 6.01 Å². The van der Waals surface area contributed by atoms with Crippen molar-refractivity contribution in [1.29, 1.82) is 0 Å². The van der Waals surface area contributed by atoms with E-state index in [9.17, 15) is 9.18 Å². The number of halogens is 1. The molecule has 0 radical (unpaired) electrons. The Hall–Kier alpha value is -2.68. The van der Waals surface area contributed by atoms with E-state index in [-0.39, 0.29) is 17.4 Å². The van der Waals surface area contributed by atoms with Gasteiger partial charge in [-0.2, -0.15) is 4.98 Å². The molecule has 2 N–H and O–H groups in total. The molecule has 3 heterocycles. The number of amides is 1. The van der Waals surface area contributed by atoms with Gasteiger partial charge in [0.15, 0.2) is 5.82 Å². The number of aromatic nitrogens is 2. The largest absolute Gasteiger partial charge is 0.493 e. The van der Waals surface area contributed by atoms with Gasteiger partial charge in [0.05, 0.1) is 6.61 Å². The number of piperidine rings is 1. The molecule has 0 saturated carbocycles. The molecule has 4 rings (SSSR count). The summed E-state index contributed by atoms with van der Waals surface area (Å²) in [7, 11) is 0. The van der Waals surface area contributed by atoms with Gasteiger partial charge in [-0.1, -0.05) is 25.1 Å². The number of benzene rings is 1. The van der Waals surface area contributed by atoms with Gasteiger partial charge in [0, 0.05) is 43.7 Å². The van der Waals surface area contributed by atoms with Gasteiger partial charge in [-0.05, 0) is 50.5 Å². The predicted octanol–water partition coefficient (Wildman–Crippen LogP) is 4.03. The Balaban J connectivity index is 1.18. The minimum absolute atomic E-state index is 0.212. The molecule has 0 spiro atoms. The minimum atomic E-state index is -0.970. The second-order valence-electron chi connectivity index (χ2n) is 9.70. The van der Waals surface area contributed by atoms with Crippen molar-refractivity contribution >= 4 is 11.9 Å². The van der Waals surface area contributed by atoms with Gasteiger partial charge in [-0.25, -0.2) is 4.39 Å². The van der Waals surface area contributed by atoms with Crippen LogP contribution in [0.5, 0.6) is 5.75 Å². The van der Waals surface area contributed by atoms with E-state index in [2.05, 4.69) is 28.9 Å². The van der Waals surface area contributed by atoms with Crippen LogP contribution in [-0.2, 0) is 4.79 Å². The first kappa shape index (κ1) is 24.4. The molecule has 34 heavy (non-hydrogen) atoms. The number of carbonyl (C=O) groups is 1. The molecule has 186 valence electrons. The lowest BCUT2D eigenvalue weighted by molar-refractivity contribution is -0.131. The fraction of sp³-hybridized carbons (Fsp3) is 0.640. The SMILES string of the molecule is CC(C)c1noc(N2CCC(CCCOc3ccc(C(N)C(=O)N4CCCC4)c(F)c3)CC2)n1. The minimum Gasteiger partial charge on any atom is -0.493 e. The zero-order valence-corrected chi connectivity index (χ0v) is 20.2. The normalized spacial score (nSPS) is 18.0. The zero-order chi connectivity index (χ0) is 24.1. The number of nitrogens with zero attached hydrogens (tertiary/aromatic N) is 4. The first-order chi connectivity index (χ1) is 16.4. The lowest BCUT2D eigenvalue weighted by Gasteiger charge is -2.30. The highest BCUT2D eigenvalue weighted by Crippen LogP contribution is 2.27. The Kier molecular flexibility index (Phi) is 8.03. The van der Waals surface area contributed by atoms with Crippen LogP contribution in [0.3, 0.4) is 0 Å². The van der Waals surface area contributed by atoms with Crippen molar-refractivity contribution in [1.82, 2.24) is 15.0 Å². The summed E-state index contributed by atoms with van der Waals surface area (Å²) >= 11 is 0. The number of anilines is 1. The summed E-state index contributed by atoms with van der Waals surface area (Å²) in [6.45, 7) is 7.85. The highest BCUT2D eigenvalue weighted by Gasteiger charge is 2.27. The Bertz CT molecular complexity index is 952. The predicted molar refractivity (Wildman–Crippen MR) is 127 cm³/mol. The molecule has 2 aromatic rings. The summed E-state index contributed by atoms with van der Waals surface area (Å²) < 4.78 is 25.8. The molecule has 9 heteroatoms. The first-order valence-corrected chi connectivity index (χ1v) is 12.5. The molecule has 1 unspecified atom stereocenters. The third-order valence-corrected chi connectivity index (χ3v) is 6.85. The maximum absolute atomic E-state index is 14.6. The third kappa shape index (κ3) is 5.87. The van der Waals surface area contributed by atoms with Crippen LogP contribution < -0.4 is 15.4 Å². The second-order valence-corrected chi connectivity index (χ2v) is 9.70. The van der Waals surface area contributed by atoms with Crippen molar-refractivity contribution in [3.8, 4) is 5.75 Å². The molecule has 0 bridgehead atoms. The van der Waals surface area contributed by atoms with Crippen LogP contribution in [0.4, 0.5) is 10.4 Å². The van der Waals surface area contributed by atoms with Crippen LogP contribution in [0.1, 0.15) is 75.7 Å². The smallest absolute Gasteiger partial charge is 0.324 e. The summed E-state index contributed by atoms with van der Waals surface area (Å²) in [4.78, 5) is 20.8. The number of carbonyl (C=O) groups excluding carboxylic acids is 1. The van der Waals surface area contributed by atoms with Crippen molar-refractivity contribution in [3.05, 3.63) is 35.4 Å². The van der Waals surface area contributed by atoms with Crippen LogP contribution in [0.2, 0.25) is 0 Å². The molecule has 1 atom stereocenters. The molecule has 1 amide bonds. The van der Waals surface area contributed by atoms with E-state index in [0.29, 0.717) is 37.4 Å². The van der Waals surface area contributed by atoms with Gasteiger partial charge in [-0.15, -0.1) is 0 Å². The van der Waals surface area contributed by atoms with Crippen molar-refractivity contribution < 1.29 is 18.4 Å². The number of hydrogen-bond donors (Lipinski definition) is 1. The number of hydrogen-bond acceptors (Lipinski definition) is 7. The standard InChI is InChI=1S/C25H36FN5O3/c1-17(2)23-28-25(34-29-23)31-13-9-18(10-14-31)6-5-15-33-19-7-8-20(21(26)16-19)22(27)24(32)30-11-3-4-12-30/h7-8,16-18,22H,3-6,9-15,27H2,1-2H3. The molecular weight excluding hydrogens is 437 g/mol.